The van der Waals surface area contributed by atoms with Crippen LogP contribution in [-0.4, -0.2) is 33.2 Å². The standard InChI is InChI=1S/C20H28N4O2/c1-14(2)24(20(25)21-17-7-5-4-6-8-17)13-18-22-19(23-26-18)16-11-9-15(3)10-12-16/h9-12,14,17H,4-8,13H2,1-3H3,(H,21,25). The zero-order valence-corrected chi connectivity index (χ0v) is 15.9. The first kappa shape index (κ1) is 18.4. The van der Waals surface area contributed by atoms with Gasteiger partial charge in [-0.15, -0.1) is 0 Å². The van der Waals surface area contributed by atoms with E-state index in [1.165, 1.54) is 24.8 Å². The fourth-order valence-corrected chi connectivity index (χ4v) is 3.28. The van der Waals surface area contributed by atoms with Gasteiger partial charge in [0.1, 0.15) is 6.54 Å². The van der Waals surface area contributed by atoms with Gasteiger partial charge in [-0.2, -0.15) is 4.98 Å². The van der Waals surface area contributed by atoms with E-state index in [1.807, 2.05) is 45.0 Å². The van der Waals surface area contributed by atoms with Gasteiger partial charge in [0.15, 0.2) is 0 Å². The van der Waals surface area contributed by atoms with Gasteiger partial charge in [0, 0.05) is 17.6 Å². The number of hydrogen-bond acceptors (Lipinski definition) is 4. The molecule has 1 heterocycles. The molecule has 140 valence electrons. The summed E-state index contributed by atoms with van der Waals surface area (Å²) >= 11 is 0. The van der Waals surface area contributed by atoms with Gasteiger partial charge in [-0.1, -0.05) is 54.2 Å². The molecule has 0 aliphatic heterocycles. The van der Waals surface area contributed by atoms with Crippen molar-refractivity contribution in [3.05, 3.63) is 35.7 Å². The van der Waals surface area contributed by atoms with Crippen molar-refractivity contribution in [2.75, 3.05) is 0 Å². The average molecular weight is 356 g/mol. The first-order valence-electron chi connectivity index (χ1n) is 9.49. The zero-order valence-electron chi connectivity index (χ0n) is 15.9. The number of urea groups is 1. The van der Waals surface area contributed by atoms with E-state index in [0.717, 1.165) is 18.4 Å². The molecule has 0 radical (unpaired) electrons. The highest BCUT2D eigenvalue weighted by Crippen LogP contribution is 2.19. The van der Waals surface area contributed by atoms with E-state index in [0.29, 0.717) is 18.3 Å². The molecule has 6 heteroatoms. The first-order valence-corrected chi connectivity index (χ1v) is 9.49. The van der Waals surface area contributed by atoms with Crippen LogP contribution in [0.25, 0.3) is 11.4 Å². The third kappa shape index (κ3) is 4.62. The van der Waals surface area contributed by atoms with E-state index in [-0.39, 0.29) is 18.1 Å². The molecule has 0 unspecified atom stereocenters. The maximum absolute atomic E-state index is 12.7. The molecule has 2 aromatic rings. The molecule has 2 amide bonds. The smallest absolute Gasteiger partial charge is 0.318 e. The molecule has 3 rings (SSSR count). The average Bonchev–Trinajstić information content (AvgIpc) is 3.09. The van der Waals surface area contributed by atoms with Crippen LogP contribution in [0.1, 0.15) is 57.4 Å². The molecule has 0 atom stereocenters. The number of amides is 2. The minimum absolute atomic E-state index is 0.0494. The molecule has 0 saturated heterocycles. The van der Waals surface area contributed by atoms with Crippen LogP contribution in [0.3, 0.4) is 0 Å². The maximum atomic E-state index is 12.7. The summed E-state index contributed by atoms with van der Waals surface area (Å²) in [5.41, 5.74) is 2.09. The summed E-state index contributed by atoms with van der Waals surface area (Å²) in [5.74, 6) is 1.00. The highest BCUT2D eigenvalue weighted by molar-refractivity contribution is 5.74. The largest absolute Gasteiger partial charge is 0.337 e. The normalized spacial score (nSPS) is 15.2. The third-order valence-corrected chi connectivity index (χ3v) is 4.90. The molecule has 0 bridgehead atoms. The summed E-state index contributed by atoms with van der Waals surface area (Å²) in [7, 11) is 0. The molecule has 1 N–H and O–H groups in total. The highest BCUT2D eigenvalue weighted by atomic mass is 16.5. The summed E-state index contributed by atoms with van der Waals surface area (Å²) in [6, 6.07) is 8.26. The molecule has 0 spiro atoms. The van der Waals surface area contributed by atoms with E-state index in [1.54, 1.807) is 4.90 Å². The van der Waals surface area contributed by atoms with E-state index in [4.69, 9.17) is 4.52 Å². The fraction of sp³-hybridized carbons (Fsp3) is 0.550. The molecule has 1 aliphatic carbocycles. The monoisotopic (exact) mass is 356 g/mol. The van der Waals surface area contributed by atoms with Gasteiger partial charge < -0.3 is 14.7 Å². The number of rotatable bonds is 5. The Morgan fingerprint density at radius 3 is 2.58 bits per heavy atom. The summed E-state index contributed by atoms with van der Waals surface area (Å²) in [5, 5.41) is 7.22. The van der Waals surface area contributed by atoms with Crippen LogP contribution in [0.5, 0.6) is 0 Å². The number of benzene rings is 1. The van der Waals surface area contributed by atoms with Gasteiger partial charge >= 0.3 is 6.03 Å². The topological polar surface area (TPSA) is 71.3 Å². The van der Waals surface area contributed by atoms with Crippen molar-refractivity contribution in [1.29, 1.82) is 0 Å². The summed E-state index contributed by atoms with van der Waals surface area (Å²) in [6.45, 7) is 6.35. The van der Waals surface area contributed by atoms with Crippen molar-refractivity contribution in [3.8, 4) is 11.4 Å². The third-order valence-electron chi connectivity index (χ3n) is 4.90. The summed E-state index contributed by atoms with van der Waals surface area (Å²) in [6.07, 6.45) is 5.78. The Hall–Kier alpha value is -2.37. The Bertz CT molecular complexity index is 718. The number of aryl methyl sites for hydroxylation is 1. The van der Waals surface area contributed by atoms with Crippen LogP contribution in [-0.2, 0) is 6.54 Å². The van der Waals surface area contributed by atoms with Crippen LogP contribution < -0.4 is 5.32 Å². The van der Waals surface area contributed by atoms with Gasteiger partial charge in [-0.05, 0) is 33.6 Å². The lowest BCUT2D eigenvalue weighted by atomic mass is 9.96. The van der Waals surface area contributed by atoms with Crippen LogP contribution >= 0.6 is 0 Å². The molecule has 26 heavy (non-hydrogen) atoms. The molecule has 1 aromatic heterocycles. The molecule has 1 aromatic carbocycles. The van der Waals surface area contributed by atoms with Gasteiger partial charge in [0.2, 0.25) is 11.7 Å². The Morgan fingerprint density at radius 1 is 1.23 bits per heavy atom. The number of nitrogens with one attached hydrogen (secondary N) is 1. The SMILES string of the molecule is Cc1ccc(-c2noc(CN(C(=O)NC3CCCCC3)C(C)C)n2)cc1. The first-order chi connectivity index (χ1) is 12.5. The second-order valence-electron chi connectivity index (χ2n) is 7.38. The molecular formula is C20H28N4O2. The van der Waals surface area contributed by atoms with Crippen molar-refractivity contribution in [2.45, 2.75) is 71.5 Å². The van der Waals surface area contributed by atoms with E-state index in [9.17, 15) is 4.79 Å². The van der Waals surface area contributed by atoms with Crippen molar-refractivity contribution in [2.24, 2.45) is 0 Å². The van der Waals surface area contributed by atoms with E-state index >= 15 is 0 Å². The van der Waals surface area contributed by atoms with Crippen LogP contribution in [0.15, 0.2) is 28.8 Å². The van der Waals surface area contributed by atoms with Crippen molar-refractivity contribution >= 4 is 6.03 Å². The number of hydrogen-bond donors (Lipinski definition) is 1. The highest BCUT2D eigenvalue weighted by Gasteiger charge is 2.24. The molecule has 1 fully saturated rings. The maximum Gasteiger partial charge on any atom is 0.318 e. The van der Waals surface area contributed by atoms with Gasteiger partial charge in [0.25, 0.3) is 0 Å². The lowest BCUT2D eigenvalue weighted by Crippen LogP contribution is -2.47. The Balaban J connectivity index is 1.66. The van der Waals surface area contributed by atoms with Crippen molar-refractivity contribution in [1.82, 2.24) is 20.4 Å². The number of aromatic nitrogens is 2. The number of carbonyl (C=O) groups is 1. The lowest BCUT2D eigenvalue weighted by molar-refractivity contribution is 0.163. The predicted molar refractivity (Wildman–Crippen MR) is 101 cm³/mol. The summed E-state index contributed by atoms with van der Waals surface area (Å²) < 4.78 is 5.39. The minimum atomic E-state index is -0.0537. The van der Waals surface area contributed by atoms with Crippen LogP contribution in [0.4, 0.5) is 4.79 Å². The van der Waals surface area contributed by atoms with Gasteiger partial charge in [0.05, 0.1) is 0 Å². The van der Waals surface area contributed by atoms with Crippen LogP contribution in [0, 0.1) is 6.92 Å². The molecule has 1 saturated carbocycles. The summed E-state index contributed by atoms with van der Waals surface area (Å²) in [4.78, 5) is 18.9. The fourth-order valence-electron chi connectivity index (χ4n) is 3.28. The van der Waals surface area contributed by atoms with E-state index < -0.39 is 0 Å². The van der Waals surface area contributed by atoms with Gasteiger partial charge in [-0.3, -0.25) is 0 Å². The minimum Gasteiger partial charge on any atom is -0.337 e. The quantitative estimate of drug-likeness (QED) is 0.867. The Labute approximate surface area is 155 Å². The molecule has 6 nitrogen and oxygen atoms in total. The van der Waals surface area contributed by atoms with E-state index in [2.05, 4.69) is 15.5 Å². The second-order valence-corrected chi connectivity index (χ2v) is 7.38. The van der Waals surface area contributed by atoms with Gasteiger partial charge in [-0.25, -0.2) is 4.79 Å². The number of carbonyl (C=O) groups excluding carboxylic acids is 1. The predicted octanol–water partition coefficient (Wildman–Crippen LogP) is 4.30. The molecular weight excluding hydrogens is 328 g/mol. The van der Waals surface area contributed by atoms with Crippen molar-refractivity contribution < 1.29 is 9.32 Å². The zero-order chi connectivity index (χ0) is 18.5. The Kier molecular flexibility index (Phi) is 5.91. The lowest BCUT2D eigenvalue weighted by Gasteiger charge is -2.29. The van der Waals surface area contributed by atoms with Crippen molar-refractivity contribution in [3.63, 3.8) is 0 Å². The number of nitrogens with zero attached hydrogens (tertiary/aromatic N) is 3. The Morgan fingerprint density at radius 2 is 1.92 bits per heavy atom. The second kappa shape index (κ2) is 8.34. The molecule has 1 aliphatic rings. The van der Waals surface area contributed by atoms with Crippen LogP contribution in [0.2, 0.25) is 0 Å².